The number of fused-ring (bicyclic) bond motifs is 1. The van der Waals surface area contributed by atoms with E-state index in [0.29, 0.717) is 34.2 Å². The molecule has 0 bridgehead atoms. The molecule has 0 saturated heterocycles. The number of ether oxygens (including phenoxy) is 1. The average Bonchev–Trinajstić information content (AvgIpc) is 3.10. The standard InChI is InChI=1S/C23H27F2N5O2S/c1-23(2,3)32-19(31)11-13-9-14(10-13)26-17-12-18(29-22(28-17)33-4)30-16-8-6-5-7-15(16)27-21(30)20(24)25/h5-8,12-14,20H,9-11H2,1-4H3,(H,26,28,29). The van der Waals surface area contributed by atoms with E-state index < -0.39 is 12.0 Å². The lowest BCUT2D eigenvalue weighted by atomic mass is 9.78. The lowest BCUT2D eigenvalue weighted by Crippen LogP contribution is -2.38. The number of esters is 1. The molecule has 1 N–H and O–H groups in total. The van der Waals surface area contributed by atoms with E-state index in [-0.39, 0.29) is 23.8 Å². The van der Waals surface area contributed by atoms with Crippen LogP contribution in [0.15, 0.2) is 35.5 Å². The minimum absolute atomic E-state index is 0.143. The van der Waals surface area contributed by atoms with Gasteiger partial charge in [-0.2, -0.15) is 0 Å². The molecule has 0 atom stereocenters. The number of carbonyl (C=O) groups is 1. The van der Waals surface area contributed by atoms with Crippen molar-refractivity contribution in [2.24, 2.45) is 5.92 Å². The Morgan fingerprint density at radius 3 is 2.64 bits per heavy atom. The van der Waals surface area contributed by atoms with Gasteiger partial charge in [-0.1, -0.05) is 23.9 Å². The number of hydrogen-bond donors (Lipinski definition) is 1. The van der Waals surface area contributed by atoms with Crippen molar-refractivity contribution >= 4 is 34.6 Å². The molecule has 1 aromatic carbocycles. The van der Waals surface area contributed by atoms with Crippen LogP contribution in [-0.4, -0.2) is 43.4 Å². The van der Waals surface area contributed by atoms with Gasteiger partial charge >= 0.3 is 5.97 Å². The third-order valence-electron chi connectivity index (χ3n) is 5.35. The second kappa shape index (κ2) is 9.24. The molecule has 10 heteroatoms. The number of para-hydroxylation sites is 2. The highest BCUT2D eigenvalue weighted by atomic mass is 32.2. The number of carbonyl (C=O) groups excluding carboxylic acids is 1. The number of halogens is 2. The molecule has 1 saturated carbocycles. The van der Waals surface area contributed by atoms with Crippen LogP contribution in [0.25, 0.3) is 16.9 Å². The van der Waals surface area contributed by atoms with Gasteiger partial charge in [-0.25, -0.2) is 23.7 Å². The van der Waals surface area contributed by atoms with E-state index >= 15 is 0 Å². The SMILES string of the molecule is CSc1nc(NC2CC(CC(=O)OC(C)(C)C)C2)cc(-n2c(C(F)F)nc3ccccc32)n1. The van der Waals surface area contributed by atoms with Gasteiger partial charge in [-0.05, 0) is 57.9 Å². The highest BCUT2D eigenvalue weighted by Gasteiger charge is 2.32. The molecule has 0 aliphatic heterocycles. The number of alkyl halides is 2. The minimum atomic E-state index is -2.75. The highest BCUT2D eigenvalue weighted by Crippen LogP contribution is 2.34. The summed E-state index contributed by atoms with van der Waals surface area (Å²) in [5, 5.41) is 3.84. The first kappa shape index (κ1) is 23.4. The van der Waals surface area contributed by atoms with Gasteiger partial charge in [-0.15, -0.1) is 0 Å². The fourth-order valence-corrected chi connectivity index (χ4v) is 4.35. The summed E-state index contributed by atoms with van der Waals surface area (Å²) in [6.07, 6.45) is 1.09. The van der Waals surface area contributed by atoms with Gasteiger partial charge < -0.3 is 10.1 Å². The first-order valence-electron chi connectivity index (χ1n) is 10.8. The Balaban J connectivity index is 1.52. The largest absolute Gasteiger partial charge is 0.460 e. The fourth-order valence-electron chi connectivity index (χ4n) is 3.97. The lowest BCUT2D eigenvalue weighted by molar-refractivity contribution is -0.156. The van der Waals surface area contributed by atoms with E-state index in [1.807, 2.05) is 27.0 Å². The normalized spacial score (nSPS) is 18.4. The first-order chi connectivity index (χ1) is 15.6. The van der Waals surface area contributed by atoms with Crippen LogP contribution < -0.4 is 5.32 Å². The summed E-state index contributed by atoms with van der Waals surface area (Å²) in [6.45, 7) is 5.57. The van der Waals surface area contributed by atoms with Crippen LogP contribution in [-0.2, 0) is 9.53 Å². The van der Waals surface area contributed by atoms with Crippen molar-refractivity contribution in [1.82, 2.24) is 19.5 Å². The quantitative estimate of drug-likeness (QED) is 0.278. The number of benzene rings is 1. The van der Waals surface area contributed by atoms with Gasteiger partial charge in [0.2, 0.25) is 0 Å². The van der Waals surface area contributed by atoms with Crippen LogP contribution in [0.4, 0.5) is 14.6 Å². The molecule has 33 heavy (non-hydrogen) atoms. The summed E-state index contributed by atoms with van der Waals surface area (Å²) in [5.41, 5.74) is 0.555. The number of nitrogens with zero attached hydrogens (tertiary/aromatic N) is 4. The van der Waals surface area contributed by atoms with Crippen LogP contribution in [0.2, 0.25) is 0 Å². The zero-order valence-corrected chi connectivity index (χ0v) is 19.8. The summed E-state index contributed by atoms with van der Waals surface area (Å²) < 4.78 is 34.3. The first-order valence-corrected chi connectivity index (χ1v) is 12.0. The van der Waals surface area contributed by atoms with E-state index in [0.717, 1.165) is 12.8 Å². The molecule has 2 heterocycles. The molecule has 176 valence electrons. The molecular formula is C23H27F2N5O2S. The highest BCUT2D eigenvalue weighted by molar-refractivity contribution is 7.98. The average molecular weight is 476 g/mol. The third kappa shape index (κ3) is 5.43. The second-order valence-electron chi connectivity index (χ2n) is 9.16. The molecule has 1 fully saturated rings. The lowest BCUT2D eigenvalue weighted by Gasteiger charge is -2.36. The Morgan fingerprint density at radius 1 is 1.24 bits per heavy atom. The maximum Gasteiger partial charge on any atom is 0.306 e. The summed E-state index contributed by atoms with van der Waals surface area (Å²) in [5.74, 6) is 0.607. The molecule has 0 radical (unpaired) electrons. The molecule has 0 amide bonds. The fraction of sp³-hybridized carbons (Fsp3) is 0.478. The second-order valence-corrected chi connectivity index (χ2v) is 9.94. The van der Waals surface area contributed by atoms with Crippen LogP contribution >= 0.6 is 11.8 Å². The van der Waals surface area contributed by atoms with Crippen molar-refractivity contribution in [3.63, 3.8) is 0 Å². The molecule has 1 aliphatic rings. The number of aromatic nitrogens is 4. The number of hydrogen-bond acceptors (Lipinski definition) is 7. The van der Waals surface area contributed by atoms with Crippen molar-refractivity contribution in [1.29, 1.82) is 0 Å². The number of anilines is 1. The smallest absolute Gasteiger partial charge is 0.306 e. The Kier molecular flexibility index (Phi) is 6.56. The molecular weight excluding hydrogens is 448 g/mol. The van der Waals surface area contributed by atoms with E-state index in [2.05, 4.69) is 20.3 Å². The van der Waals surface area contributed by atoms with Gasteiger partial charge in [0.1, 0.15) is 17.2 Å². The van der Waals surface area contributed by atoms with Crippen LogP contribution in [0.1, 0.15) is 52.3 Å². The van der Waals surface area contributed by atoms with E-state index in [1.54, 1.807) is 30.3 Å². The van der Waals surface area contributed by atoms with Gasteiger partial charge in [0.25, 0.3) is 6.43 Å². The predicted molar refractivity (Wildman–Crippen MR) is 124 cm³/mol. The van der Waals surface area contributed by atoms with E-state index in [4.69, 9.17) is 4.74 Å². The topological polar surface area (TPSA) is 81.9 Å². The predicted octanol–water partition coefficient (Wildman–Crippen LogP) is 5.40. The summed E-state index contributed by atoms with van der Waals surface area (Å²) in [4.78, 5) is 25.1. The number of rotatable bonds is 7. The number of thioether (sulfide) groups is 1. The number of imidazole rings is 1. The van der Waals surface area contributed by atoms with Crippen molar-refractivity contribution in [2.45, 2.75) is 63.3 Å². The van der Waals surface area contributed by atoms with Crippen LogP contribution in [0.3, 0.4) is 0 Å². The summed E-state index contributed by atoms with van der Waals surface area (Å²) in [7, 11) is 0. The molecule has 3 aromatic rings. The van der Waals surface area contributed by atoms with Crippen molar-refractivity contribution < 1.29 is 18.3 Å². The molecule has 1 aliphatic carbocycles. The van der Waals surface area contributed by atoms with Gasteiger partial charge in [0, 0.05) is 18.5 Å². The van der Waals surface area contributed by atoms with Gasteiger partial charge in [0.05, 0.1) is 11.0 Å². The van der Waals surface area contributed by atoms with E-state index in [1.165, 1.54) is 16.3 Å². The Morgan fingerprint density at radius 2 is 1.97 bits per heavy atom. The zero-order chi connectivity index (χ0) is 23.8. The summed E-state index contributed by atoms with van der Waals surface area (Å²) >= 11 is 1.34. The molecule has 0 spiro atoms. The Hall–Kier alpha value is -2.75. The Labute approximate surface area is 195 Å². The summed E-state index contributed by atoms with van der Waals surface area (Å²) in [6, 6.07) is 8.80. The Bertz CT molecular complexity index is 1160. The van der Waals surface area contributed by atoms with Crippen molar-refractivity contribution in [3.8, 4) is 5.82 Å². The third-order valence-corrected chi connectivity index (χ3v) is 5.90. The van der Waals surface area contributed by atoms with Gasteiger partial charge in [-0.3, -0.25) is 9.36 Å². The zero-order valence-electron chi connectivity index (χ0n) is 19.0. The number of nitrogens with one attached hydrogen (secondary N) is 1. The molecule has 4 rings (SSSR count). The molecule has 7 nitrogen and oxygen atoms in total. The molecule has 0 unspecified atom stereocenters. The van der Waals surface area contributed by atoms with Gasteiger partial charge in [0.15, 0.2) is 11.0 Å². The van der Waals surface area contributed by atoms with Crippen molar-refractivity contribution in [2.75, 3.05) is 11.6 Å². The minimum Gasteiger partial charge on any atom is -0.460 e. The molecule has 2 aromatic heterocycles. The monoisotopic (exact) mass is 475 g/mol. The maximum atomic E-state index is 13.8. The van der Waals surface area contributed by atoms with Crippen molar-refractivity contribution in [3.05, 3.63) is 36.2 Å². The van der Waals surface area contributed by atoms with E-state index in [9.17, 15) is 13.6 Å². The van der Waals surface area contributed by atoms with Crippen LogP contribution in [0, 0.1) is 5.92 Å². The maximum absolute atomic E-state index is 13.8. The van der Waals surface area contributed by atoms with Crippen LogP contribution in [0.5, 0.6) is 0 Å².